The van der Waals surface area contributed by atoms with Crippen LogP contribution in [0.25, 0.3) is 0 Å². The Morgan fingerprint density at radius 1 is 0.893 bits per heavy atom. The maximum Gasteiger partial charge on any atom is 0.261 e. The third kappa shape index (κ3) is 3.70. The van der Waals surface area contributed by atoms with Crippen LogP contribution < -0.4 is 4.72 Å². The second kappa shape index (κ2) is 7.32. The van der Waals surface area contributed by atoms with Crippen molar-refractivity contribution in [3.63, 3.8) is 0 Å². The minimum absolute atomic E-state index is 0.176. The van der Waals surface area contributed by atoms with E-state index in [1.165, 1.54) is 27.8 Å². The van der Waals surface area contributed by atoms with E-state index in [-0.39, 0.29) is 11.4 Å². The molecule has 0 unspecified atom stereocenters. The molecular formula is C19H18N2O4S3. The van der Waals surface area contributed by atoms with Gasteiger partial charge in [0.2, 0.25) is 0 Å². The van der Waals surface area contributed by atoms with Gasteiger partial charge in [0.1, 0.15) is 4.21 Å². The van der Waals surface area contributed by atoms with Gasteiger partial charge in [-0.2, -0.15) is 4.31 Å². The number of nitrogens with one attached hydrogen (secondary N) is 1. The molecule has 4 rings (SSSR count). The zero-order valence-corrected chi connectivity index (χ0v) is 17.2. The monoisotopic (exact) mass is 434 g/mol. The maximum absolute atomic E-state index is 12.8. The van der Waals surface area contributed by atoms with E-state index < -0.39 is 20.0 Å². The van der Waals surface area contributed by atoms with Crippen molar-refractivity contribution in [2.24, 2.45) is 0 Å². The Bertz CT molecular complexity index is 1190. The van der Waals surface area contributed by atoms with Gasteiger partial charge < -0.3 is 0 Å². The summed E-state index contributed by atoms with van der Waals surface area (Å²) in [6, 6.07) is 16.7. The first-order valence-corrected chi connectivity index (χ1v) is 12.4. The molecule has 0 bridgehead atoms. The van der Waals surface area contributed by atoms with Gasteiger partial charge in [-0.05, 0) is 53.3 Å². The highest BCUT2D eigenvalue weighted by molar-refractivity contribution is 7.92. The zero-order chi connectivity index (χ0) is 19.8. The first-order valence-electron chi connectivity index (χ1n) is 8.60. The SMILES string of the molecule is O=S(=O)(Nc1ccc2c(c1)CN(S(=O)(=O)c1cccs1)CC2)c1ccccc1. The second-order valence-corrected chi connectivity index (χ2v) is 11.2. The highest BCUT2D eigenvalue weighted by Crippen LogP contribution is 2.29. The summed E-state index contributed by atoms with van der Waals surface area (Å²) in [5.41, 5.74) is 2.25. The number of hydrogen-bond donors (Lipinski definition) is 1. The maximum atomic E-state index is 12.8. The van der Waals surface area contributed by atoms with Crippen molar-refractivity contribution in [3.05, 3.63) is 77.2 Å². The van der Waals surface area contributed by atoms with Gasteiger partial charge in [-0.25, -0.2) is 16.8 Å². The van der Waals surface area contributed by atoms with Gasteiger partial charge in [-0.15, -0.1) is 11.3 Å². The molecule has 1 aromatic heterocycles. The molecule has 0 saturated carbocycles. The molecule has 0 spiro atoms. The lowest BCUT2D eigenvalue weighted by molar-refractivity contribution is 0.392. The number of fused-ring (bicyclic) bond motifs is 1. The summed E-state index contributed by atoms with van der Waals surface area (Å²) in [5, 5.41) is 1.74. The van der Waals surface area contributed by atoms with Crippen LogP contribution in [0.2, 0.25) is 0 Å². The quantitative estimate of drug-likeness (QED) is 0.668. The first-order chi connectivity index (χ1) is 13.4. The number of benzene rings is 2. The van der Waals surface area contributed by atoms with Crippen molar-refractivity contribution in [2.45, 2.75) is 22.1 Å². The predicted octanol–water partition coefficient (Wildman–Crippen LogP) is 3.30. The van der Waals surface area contributed by atoms with E-state index >= 15 is 0 Å². The fourth-order valence-electron chi connectivity index (χ4n) is 3.15. The Kier molecular flexibility index (Phi) is 5.00. The molecule has 2 aromatic carbocycles. The summed E-state index contributed by atoms with van der Waals surface area (Å²) >= 11 is 1.19. The average molecular weight is 435 g/mol. The minimum atomic E-state index is -3.70. The number of thiophene rings is 1. The van der Waals surface area contributed by atoms with Crippen LogP contribution in [0.1, 0.15) is 11.1 Å². The Morgan fingerprint density at radius 3 is 2.39 bits per heavy atom. The van der Waals surface area contributed by atoms with Crippen LogP contribution in [-0.2, 0) is 33.0 Å². The topological polar surface area (TPSA) is 83.6 Å². The number of hydrogen-bond acceptors (Lipinski definition) is 5. The molecule has 1 aliphatic rings. The van der Waals surface area contributed by atoms with E-state index in [9.17, 15) is 16.8 Å². The molecule has 0 saturated heterocycles. The van der Waals surface area contributed by atoms with Crippen molar-refractivity contribution < 1.29 is 16.8 Å². The van der Waals surface area contributed by atoms with Crippen LogP contribution >= 0.6 is 11.3 Å². The standard InChI is InChI=1S/C19H18N2O4S3/c22-27(23,18-5-2-1-3-6-18)20-17-9-8-15-10-11-21(14-16(15)13-17)28(24,25)19-7-4-12-26-19/h1-9,12-13,20H,10-11,14H2. The fourth-order valence-corrected chi connectivity index (χ4v) is 6.79. The minimum Gasteiger partial charge on any atom is -0.280 e. The van der Waals surface area contributed by atoms with Crippen molar-refractivity contribution in [1.29, 1.82) is 0 Å². The van der Waals surface area contributed by atoms with Crippen LogP contribution in [0.3, 0.4) is 0 Å². The molecule has 1 N–H and O–H groups in total. The van der Waals surface area contributed by atoms with Gasteiger partial charge in [0.05, 0.1) is 4.90 Å². The van der Waals surface area contributed by atoms with E-state index in [0.717, 1.165) is 11.1 Å². The van der Waals surface area contributed by atoms with Crippen LogP contribution in [0.5, 0.6) is 0 Å². The van der Waals surface area contributed by atoms with E-state index in [0.29, 0.717) is 22.9 Å². The lowest BCUT2D eigenvalue weighted by Gasteiger charge is -2.28. The van der Waals surface area contributed by atoms with Gasteiger partial charge in [0.25, 0.3) is 20.0 Å². The molecule has 28 heavy (non-hydrogen) atoms. The molecular weight excluding hydrogens is 416 g/mol. The Balaban J connectivity index is 1.59. The summed E-state index contributed by atoms with van der Waals surface area (Å²) in [4.78, 5) is 0.176. The van der Waals surface area contributed by atoms with Gasteiger partial charge in [0.15, 0.2) is 0 Å². The number of nitrogens with zero attached hydrogens (tertiary/aromatic N) is 1. The summed E-state index contributed by atoms with van der Waals surface area (Å²) < 4.78 is 55.0. The van der Waals surface area contributed by atoms with Crippen molar-refractivity contribution in [3.8, 4) is 0 Å². The molecule has 2 heterocycles. The van der Waals surface area contributed by atoms with Crippen LogP contribution in [0.15, 0.2) is 75.1 Å². The molecule has 0 aliphatic carbocycles. The van der Waals surface area contributed by atoms with Crippen molar-refractivity contribution in [1.82, 2.24) is 4.31 Å². The number of anilines is 1. The highest BCUT2D eigenvalue weighted by Gasteiger charge is 2.29. The Hall–Kier alpha value is -2.20. The second-order valence-electron chi connectivity index (χ2n) is 6.42. The summed E-state index contributed by atoms with van der Waals surface area (Å²) in [6.07, 6.45) is 0.589. The molecule has 1 aliphatic heterocycles. The van der Waals surface area contributed by atoms with E-state index in [2.05, 4.69) is 4.72 Å². The molecule has 146 valence electrons. The molecule has 6 nitrogen and oxygen atoms in total. The molecule has 0 atom stereocenters. The number of rotatable bonds is 5. The van der Waals surface area contributed by atoms with Crippen LogP contribution in [0, 0.1) is 0 Å². The largest absolute Gasteiger partial charge is 0.280 e. The van der Waals surface area contributed by atoms with Crippen molar-refractivity contribution in [2.75, 3.05) is 11.3 Å². The lowest BCUT2D eigenvalue weighted by Crippen LogP contribution is -2.35. The van der Waals surface area contributed by atoms with Crippen LogP contribution in [0.4, 0.5) is 5.69 Å². The summed E-state index contributed by atoms with van der Waals surface area (Å²) in [7, 11) is -7.24. The van der Waals surface area contributed by atoms with Gasteiger partial charge >= 0.3 is 0 Å². The first kappa shape index (κ1) is 19.1. The summed E-state index contributed by atoms with van der Waals surface area (Å²) in [5.74, 6) is 0. The fraction of sp³-hybridized carbons (Fsp3) is 0.158. The van der Waals surface area contributed by atoms with Gasteiger partial charge in [0, 0.05) is 18.8 Å². The van der Waals surface area contributed by atoms with Gasteiger partial charge in [-0.3, -0.25) is 4.72 Å². The summed E-state index contributed by atoms with van der Waals surface area (Å²) in [6.45, 7) is 0.624. The van der Waals surface area contributed by atoms with E-state index in [1.54, 1.807) is 47.8 Å². The normalized spacial score (nSPS) is 15.1. The molecule has 9 heteroatoms. The average Bonchev–Trinajstić information content (AvgIpc) is 3.23. The van der Waals surface area contributed by atoms with Gasteiger partial charge in [-0.1, -0.05) is 30.3 Å². The third-order valence-corrected chi connectivity index (χ3v) is 9.19. The lowest BCUT2D eigenvalue weighted by atomic mass is 10.0. The smallest absolute Gasteiger partial charge is 0.261 e. The Labute approximate surface area is 168 Å². The molecule has 0 radical (unpaired) electrons. The van der Waals surface area contributed by atoms with Crippen LogP contribution in [-0.4, -0.2) is 27.7 Å². The van der Waals surface area contributed by atoms with E-state index in [4.69, 9.17) is 0 Å². The van der Waals surface area contributed by atoms with Crippen molar-refractivity contribution >= 4 is 37.1 Å². The predicted molar refractivity (Wildman–Crippen MR) is 109 cm³/mol. The highest BCUT2D eigenvalue weighted by atomic mass is 32.2. The molecule has 0 amide bonds. The molecule has 3 aromatic rings. The Morgan fingerprint density at radius 2 is 1.68 bits per heavy atom. The zero-order valence-electron chi connectivity index (χ0n) is 14.8. The van der Waals surface area contributed by atoms with E-state index in [1.807, 2.05) is 6.07 Å². The molecule has 0 fully saturated rings. The third-order valence-electron chi connectivity index (χ3n) is 4.58. The number of sulfonamides is 2.